The van der Waals surface area contributed by atoms with E-state index in [4.69, 9.17) is 5.11 Å². The first-order valence-electron chi connectivity index (χ1n) is 3.85. The SMILES string of the molecule is CC.CC(C)c1nocc1O. The van der Waals surface area contributed by atoms with Crippen LogP contribution in [0.5, 0.6) is 5.75 Å². The lowest BCUT2D eigenvalue weighted by molar-refractivity contribution is 0.403. The van der Waals surface area contributed by atoms with Gasteiger partial charge in [0.1, 0.15) is 5.69 Å². The summed E-state index contributed by atoms with van der Waals surface area (Å²) < 4.78 is 4.51. The fraction of sp³-hybridized carbons (Fsp3) is 0.625. The summed E-state index contributed by atoms with van der Waals surface area (Å²) >= 11 is 0. The molecule has 0 atom stereocenters. The Labute approximate surface area is 67.0 Å². The summed E-state index contributed by atoms with van der Waals surface area (Å²) in [6, 6.07) is 0. The van der Waals surface area contributed by atoms with Gasteiger partial charge in [-0.15, -0.1) is 0 Å². The van der Waals surface area contributed by atoms with Crippen molar-refractivity contribution in [3.8, 4) is 5.75 Å². The quantitative estimate of drug-likeness (QED) is 0.681. The van der Waals surface area contributed by atoms with Crippen molar-refractivity contribution in [2.45, 2.75) is 33.6 Å². The molecule has 0 radical (unpaired) electrons. The van der Waals surface area contributed by atoms with E-state index in [1.165, 1.54) is 6.26 Å². The molecule has 0 saturated heterocycles. The Morgan fingerprint density at radius 1 is 1.45 bits per heavy atom. The Bertz CT molecular complexity index is 194. The van der Waals surface area contributed by atoms with E-state index < -0.39 is 0 Å². The number of aromatic hydroxyl groups is 1. The molecule has 1 aromatic rings. The van der Waals surface area contributed by atoms with Gasteiger partial charge in [0.05, 0.1) is 0 Å². The van der Waals surface area contributed by atoms with Gasteiger partial charge in [-0.2, -0.15) is 0 Å². The van der Waals surface area contributed by atoms with Gasteiger partial charge in [-0.05, 0) is 0 Å². The van der Waals surface area contributed by atoms with Crippen LogP contribution in [0, 0.1) is 0 Å². The second-order valence-corrected chi connectivity index (χ2v) is 2.24. The van der Waals surface area contributed by atoms with Gasteiger partial charge in [0.15, 0.2) is 12.0 Å². The van der Waals surface area contributed by atoms with E-state index in [0.29, 0.717) is 5.69 Å². The van der Waals surface area contributed by atoms with E-state index in [1.807, 2.05) is 27.7 Å². The molecular formula is C8H15NO2. The second-order valence-electron chi connectivity index (χ2n) is 2.24. The molecule has 1 N–H and O–H groups in total. The summed E-state index contributed by atoms with van der Waals surface area (Å²) in [5.41, 5.74) is 0.620. The normalized spacial score (nSPS) is 9.18. The summed E-state index contributed by atoms with van der Waals surface area (Å²) in [6.45, 7) is 7.88. The van der Waals surface area contributed by atoms with Crippen LogP contribution in [0.4, 0.5) is 0 Å². The molecule has 3 nitrogen and oxygen atoms in total. The molecule has 1 heterocycles. The molecule has 64 valence electrons. The summed E-state index contributed by atoms with van der Waals surface area (Å²) in [5.74, 6) is 0.369. The molecule has 11 heavy (non-hydrogen) atoms. The molecule has 0 saturated carbocycles. The highest BCUT2D eigenvalue weighted by Crippen LogP contribution is 2.22. The summed E-state index contributed by atoms with van der Waals surface area (Å²) in [6.07, 6.45) is 1.23. The molecule has 0 spiro atoms. The zero-order chi connectivity index (χ0) is 8.85. The predicted octanol–water partition coefficient (Wildman–Crippen LogP) is 2.53. The van der Waals surface area contributed by atoms with E-state index in [9.17, 15) is 0 Å². The first kappa shape index (κ1) is 10.0. The maximum absolute atomic E-state index is 8.96. The summed E-state index contributed by atoms with van der Waals surface area (Å²) in [7, 11) is 0. The van der Waals surface area contributed by atoms with Gasteiger partial charge in [-0.3, -0.25) is 0 Å². The van der Waals surface area contributed by atoms with Gasteiger partial charge in [-0.1, -0.05) is 32.9 Å². The molecule has 0 bridgehead atoms. The van der Waals surface area contributed by atoms with Crippen molar-refractivity contribution < 1.29 is 9.63 Å². The van der Waals surface area contributed by atoms with Gasteiger partial charge in [0.2, 0.25) is 0 Å². The number of aromatic nitrogens is 1. The van der Waals surface area contributed by atoms with Gasteiger partial charge in [-0.25, -0.2) is 0 Å². The molecule has 1 rings (SSSR count). The van der Waals surface area contributed by atoms with Crippen LogP contribution >= 0.6 is 0 Å². The Morgan fingerprint density at radius 2 is 2.00 bits per heavy atom. The van der Waals surface area contributed by atoms with Crippen LogP contribution in [0.1, 0.15) is 39.3 Å². The van der Waals surface area contributed by atoms with Crippen molar-refractivity contribution in [2.24, 2.45) is 0 Å². The van der Waals surface area contributed by atoms with Gasteiger partial charge < -0.3 is 9.63 Å². The monoisotopic (exact) mass is 157 g/mol. The first-order chi connectivity index (χ1) is 5.22. The average Bonchev–Trinajstić information content (AvgIpc) is 2.39. The maximum Gasteiger partial charge on any atom is 0.179 e. The molecule has 1 aromatic heterocycles. The fourth-order valence-corrected chi connectivity index (χ4v) is 0.641. The lowest BCUT2D eigenvalue weighted by Crippen LogP contribution is -1.85. The summed E-state index contributed by atoms with van der Waals surface area (Å²) in [5, 5.41) is 12.6. The molecule has 0 amide bonds. The van der Waals surface area contributed by atoms with E-state index in [-0.39, 0.29) is 11.7 Å². The topological polar surface area (TPSA) is 46.3 Å². The Hall–Kier alpha value is -0.990. The van der Waals surface area contributed by atoms with Crippen molar-refractivity contribution in [3.05, 3.63) is 12.0 Å². The highest BCUT2D eigenvalue weighted by Gasteiger charge is 2.08. The van der Waals surface area contributed by atoms with E-state index in [2.05, 4.69) is 9.68 Å². The van der Waals surface area contributed by atoms with Crippen LogP contribution in [-0.4, -0.2) is 10.3 Å². The van der Waals surface area contributed by atoms with Crippen LogP contribution in [0.3, 0.4) is 0 Å². The van der Waals surface area contributed by atoms with Crippen molar-refractivity contribution in [3.63, 3.8) is 0 Å². The molecule has 0 aromatic carbocycles. The lowest BCUT2D eigenvalue weighted by atomic mass is 10.1. The first-order valence-corrected chi connectivity index (χ1v) is 3.85. The molecule has 3 heteroatoms. The molecule has 0 aliphatic heterocycles. The number of hydrogen-bond donors (Lipinski definition) is 1. The maximum atomic E-state index is 8.96. The van der Waals surface area contributed by atoms with Crippen LogP contribution in [-0.2, 0) is 0 Å². The van der Waals surface area contributed by atoms with E-state index in [1.54, 1.807) is 0 Å². The van der Waals surface area contributed by atoms with Crippen molar-refractivity contribution in [2.75, 3.05) is 0 Å². The Kier molecular flexibility index (Phi) is 4.34. The minimum Gasteiger partial charge on any atom is -0.503 e. The van der Waals surface area contributed by atoms with Crippen molar-refractivity contribution in [1.82, 2.24) is 5.16 Å². The van der Waals surface area contributed by atoms with Crippen molar-refractivity contribution in [1.29, 1.82) is 0 Å². The largest absolute Gasteiger partial charge is 0.503 e. The zero-order valence-corrected chi connectivity index (χ0v) is 7.46. The molecule has 0 aliphatic carbocycles. The standard InChI is InChI=1S/C6H9NO2.C2H6/c1-4(2)6-5(8)3-9-7-6;1-2/h3-4,8H,1-2H3;1-2H3. The van der Waals surface area contributed by atoms with E-state index in [0.717, 1.165) is 0 Å². The molecule has 0 aliphatic rings. The Morgan fingerprint density at radius 3 is 2.18 bits per heavy atom. The summed E-state index contributed by atoms with van der Waals surface area (Å²) in [4.78, 5) is 0. The van der Waals surface area contributed by atoms with Crippen LogP contribution < -0.4 is 0 Å². The van der Waals surface area contributed by atoms with Crippen LogP contribution in [0.2, 0.25) is 0 Å². The van der Waals surface area contributed by atoms with Crippen LogP contribution in [0.25, 0.3) is 0 Å². The highest BCUT2D eigenvalue weighted by molar-refractivity contribution is 5.22. The molecular weight excluding hydrogens is 142 g/mol. The highest BCUT2D eigenvalue weighted by atomic mass is 16.5. The third-order valence-corrected chi connectivity index (χ3v) is 1.12. The minimum absolute atomic E-state index is 0.144. The van der Waals surface area contributed by atoms with E-state index >= 15 is 0 Å². The molecule has 0 unspecified atom stereocenters. The van der Waals surface area contributed by atoms with Crippen molar-refractivity contribution >= 4 is 0 Å². The Balaban J connectivity index is 0.000000461. The van der Waals surface area contributed by atoms with Crippen LogP contribution in [0.15, 0.2) is 10.8 Å². The molecule has 0 fully saturated rings. The van der Waals surface area contributed by atoms with Gasteiger partial charge in [0, 0.05) is 5.92 Å². The smallest absolute Gasteiger partial charge is 0.179 e. The van der Waals surface area contributed by atoms with Gasteiger partial charge in [0.25, 0.3) is 0 Å². The minimum atomic E-state index is 0.144. The third-order valence-electron chi connectivity index (χ3n) is 1.12. The third kappa shape index (κ3) is 2.62. The number of hydrogen-bond acceptors (Lipinski definition) is 3. The fourth-order valence-electron chi connectivity index (χ4n) is 0.641. The number of nitrogens with zero attached hydrogens (tertiary/aromatic N) is 1. The predicted molar refractivity (Wildman–Crippen MR) is 43.6 cm³/mol. The average molecular weight is 157 g/mol. The number of rotatable bonds is 1. The zero-order valence-electron chi connectivity index (χ0n) is 7.46. The lowest BCUT2D eigenvalue weighted by Gasteiger charge is -1.95. The van der Waals surface area contributed by atoms with Gasteiger partial charge >= 0.3 is 0 Å². The second kappa shape index (κ2) is 4.77.